The number of aryl methyl sites for hydroxylation is 2. The van der Waals surface area contributed by atoms with Crippen LogP contribution in [0.15, 0.2) is 18.2 Å². The highest BCUT2D eigenvalue weighted by Gasteiger charge is 2.21. The predicted molar refractivity (Wildman–Crippen MR) is 94.2 cm³/mol. The summed E-state index contributed by atoms with van der Waals surface area (Å²) in [5.41, 5.74) is 2.41. The largest absolute Gasteiger partial charge is 0.493 e. The Hall–Kier alpha value is -0.770. The number of aliphatic hydroxyl groups excluding tert-OH is 1. The summed E-state index contributed by atoms with van der Waals surface area (Å²) in [5, 5.41) is 13.4. The van der Waals surface area contributed by atoms with E-state index in [4.69, 9.17) is 4.74 Å². The molecular weight excluding hydrogens is 298 g/mol. The standard InChI is InChI=1S/C18H29NO2.ClH/c1-14-8-7-9-15(2)18(14)21-13-6-5-12-19-16-10-3-4-11-17(16)20;/h7-9,16-17,19-20H,3-6,10-13H2,1-2H3;1H/t16-,17-;/m0./s1. The maximum Gasteiger partial charge on any atom is 0.125 e. The van der Waals surface area contributed by atoms with Gasteiger partial charge in [-0.25, -0.2) is 0 Å². The number of hydrogen-bond donors (Lipinski definition) is 2. The monoisotopic (exact) mass is 327 g/mol. The Morgan fingerprint density at radius 2 is 1.82 bits per heavy atom. The number of unbranched alkanes of at least 4 members (excludes halogenated alkanes) is 1. The lowest BCUT2D eigenvalue weighted by Crippen LogP contribution is -2.42. The van der Waals surface area contributed by atoms with Crippen LogP contribution in [0.5, 0.6) is 5.75 Å². The molecule has 0 spiro atoms. The van der Waals surface area contributed by atoms with Crippen LogP contribution < -0.4 is 10.1 Å². The van der Waals surface area contributed by atoms with Crippen LogP contribution in [0.1, 0.15) is 49.7 Å². The molecule has 1 saturated carbocycles. The van der Waals surface area contributed by atoms with Crippen molar-refractivity contribution >= 4 is 12.4 Å². The van der Waals surface area contributed by atoms with Crippen molar-refractivity contribution in [3.8, 4) is 5.75 Å². The molecule has 0 radical (unpaired) electrons. The van der Waals surface area contributed by atoms with E-state index >= 15 is 0 Å². The molecule has 22 heavy (non-hydrogen) atoms. The molecule has 1 aromatic rings. The molecule has 0 saturated heterocycles. The molecule has 1 aliphatic rings. The summed E-state index contributed by atoms with van der Waals surface area (Å²) >= 11 is 0. The molecule has 1 aliphatic carbocycles. The Balaban J connectivity index is 0.00000242. The van der Waals surface area contributed by atoms with Gasteiger partial charge in [0.2, 0.25) is 0 Å². The van der Waals surface area contributed by atoms with Gasteiger partial charge in [0.25, 0.3) is 0 Å². The summed E-state index contributed by atoms with van der Waals surface area (Å²) in [6.45, 7) is 5.92. The van der Waals surface area contributed by atoms with Crippen LogP contribution >= 0.6 is 12.4 Å². The number of rotatable bonds is 7. The lowest BCUT2D eigenvalue weighted by molar-refractivity contribution is 0.0908. The molecule has 2 rings (SSSR count). The van der Waals surface area contributed by atoms with Gasteiger partial charge >= 0.3 is 0 Å². The summed E-state index contributed by atoms with van der Waals surface area (Å²) in [5.74, 6) is 1.04. The van der Waals surface area contributed by atoms with Crippen LogP contribution in [-0.4, -0.2) is 30.4 Å². The van der Waals surface area contributed by atoms with Crippen LogP contribution in [-0.2, 0) is 0 Å². The Labute approximate surface area is 140 Å². The number of nitrogens with one attached hydrogen (secondary N) is 1. The van der Waals surface area contributed by atoms with Crippen molar-refractivity contribution in [3.63, 3.8) is 0 Å². The molecule has 2 N–H and O–H groups in total. The first-order valence-corrected chi connectivity index (χ1v) is 8.29. The van der Waals surface area contributed by atoms with Gasteiger partial charge in [-0.1, -0.05) is 31.0 Å². The van der Waals surface area contributed by atoms with Gasteiger partial charge < -0.3 is 15.2 Å². The first-order chi connectivity index (χ1) is 10.2. The molecule has 1 aromatic carbocycles. The van der Waals surface area contributed by atoms with Crippen molar-refractivity contribution in [2.75, 3.05) is 13.2 Å². The van der Waals surface area contributed by atoms with Gasteiger partial charge in [0.15, 0.2) is 0 Å². The molecular formula is C18H30ClNO2. The highest BCUT2D eigenvalue weighted by Crippen LogP contribution is 2.22. The summed E-state index contributed by atoms with van der Waals surface area (Å²) in [6, 6.07) is 6.55. The van der Waals surface area contributed by atoms with Crippen LogP contribution in [0.3, 0.4) is 0 Å². The maximum atomic E-state index is 9.89. The van der Waals surface area contributed by atoms with Crippen molar-refractivity contribution in [2.24, 2.45) is 0 Å². The highest BCUT2D eigenvalue weighted by molar-refractivity contribution is 5.85. The summed E-state index contributed by atoms with van der Waals surface area (Å²) in [7, 11) is 0. The zero-order valence-corrected chi connectivity index (χ0v) is 14.6. The third-order valence-electron chi connectivity index (χ3n) is 4.36. The summed E-state index contributed by atoms with van der Waals surface area (Å²) in [6.07, 6.45) is 6.46. The molecule has 0 aliphatic heterocycles. The van der Waals surface area contributed by atoms with Crippen molar-refractivity contribution < 1.29 is 9.84 Å². The second-order valence-corrected chi connectivity index (χ2v) is 6.19. The van der Waals surface area contributed by atoms with Crippen molar-refractivity contribution in [1.82, 2.24) is 5.32 Å². The second-order valence-electron chi connectivity index (χ2n) is 6.19. The van der Waals surface area contributed by atoms with Gasteiger partial charge in [-0.05, 0) is 57.2 Å². The van der Waals surface area contributed by atoms with E-state index in [-0.39, 0.29) is 18.5 Å². The van der Waals surface area contributed by atoms with Crippen LogP contribution in [0.25, 0.3) is 0 Å². The zero-order valence-electron chi connectivity index (χ0n) is 13.8. The Bertz CT molecular complexity index is 419. The number of hydrogen-bond acceptors (Lipinski definition) is 3. The molecule has 0 aromatic heterocycles. The van der Waals surface area contributed by atoms with Gasteiger partial charge in [0.1, 0.15) is 5.75 Å². The highest BCUT2D eigenvalue weighted by atomic mass is 35.5. The second kappa shape index (κ2) is 10.1. The number of aliphatic hydroxyl groups is 1. The van der Waals surface area contributed by atoms with Gasteiger partial charge in [-0.15, -0.1) is 12.4 Å². The van der Waals surface area contributed by atoms with Gasteiger partial charge in [0.05, 0.1) is 12.7 Å². The minimum absolute atomic E-state index is 0. The Morgan fingerprint density at radius 1 is 1.14 bits per heavy atom. The molecule has 0 amide bonds. The van der Waals surface area contributed by atoms with Gasteiger partial charge in [0, 0.05) is 6.04 Å². The number of halogens is 1. The smallest absolute Gasteiger partial charge is 0.125 e. The fraction of sp³-hybridized carbons (Fsp3) is 0.667. The summed E-state index contributed by atoms with van der Waals surface area (Å²) < 4.78 is 5.90. The van der Waals surface area contributed by atoms with Gasteiger partial charge in [-0.2, -0.15) is 0 Å². The average molecular weight is 328 g/mol. The number of para-hydroxylation sites is 1. The van der Waals surface area contributed by atoms with Crippen LogP contribution in [0.2, 0.25) is 0 Å². The molecule has 0 heterocycles. The molecule has 2 atom stereocenters. The van der Waals surface area contributed by atoms with Crippen molar-refractivity contribution in [2.45, 2.75) is 64.5 Å². The van der Waals surface area contributed by atoms with E-state index < -0.39 is 0 Å². The van der Waals surface area contributed by atoms with E-state index in [1.54, 1.807) is 0 Å². The molecule has 3 nitrogen and oxygen atoms in total. The van der Waals surface area contributed by atoms with Gasteiger partial charge in [-0.3, -0.25) is 0 Å². The fourth-order valence-electron chi connectivity index (χ4n) is 3.06. The number of ether oxygens (including phenoxy) is 1. The van der Waals surface area contributed by atoms with Crippen molar-refractivity contribution in [1.29, 1.82) is 0 Å². The first kappa shape index (κ1) is 19.3. The lowest BCUT2D eigenvalue weighted by atomic mass is 9.92. The Morgan fingerprint density at radius 3 is 2.50 bits per heavy atom. The van der Waals surface area contributed by atoms with Crippen molar-refractivity contribution in [3.05, 3.63) is 29.3 Å². The van der Waals surface area contributed by atoms with E-state index in [2.05, 4.69) is 37.4 Å². The van der Waals surface area contributed by atoms with E-state index in [1.165, 1.54) is 24.0 Å². The third kappa shape index (κ3) is 5.79. The minimum Gasteiger partial charge on any atom is -0.493 e. The third-order valence-corrected chi connectivity index (χ3v) is 4.36. The van der Waals surface area contributed by atoms with E-state index in [1.807, 2.05) is 0 Å². The molecule has 0 unspecified atom stereocenters. The predicted octanol–water partition coefficient (Wildman–Crippen LogP) is 3.78. The molecule has 1 fully saturated rings. The van der Waals surface area contributed by atoms with Crippen LogP contribution in [0.4, 0.5) is 0 Å². The fourth-order valence-corrected chi connectivity index (χ4v) is 3.06. The Kier molecular flexibility index (Phi) is 8.84. The minimum atomic E-state index is -0.149. The topological polar surface area (TPSA) is 41.5 Å². The average Bonchev–Trinajstić information content (AvgIpc) is 2.47. The quantitative estimate of drug-likeness (QED) is 0.749. The lowest BCUT2D eigenvalue weighted by Gasteiger charge is -2.28. The molecule has 0 bridgehead atoms. The SMILES string of the molecule is Cc1cccc(C)c1OCCCCN[C@H]1CCCC[C@@H]1O.Cl. The van der Waals surface area contributed by atoms with E-state index in [9.17, 15) is 5.11 Å². The van der Waals surface area contributed by atoms with E-state index in [0.29, 0.717) is 6.04 Å². The molecule has 4 heteroatoms. The van der Waals surface area contributed by atoms with Crippen LogP contribution in [0, 0.1) is 13.8 Å². The van der Waals surface area contributed by atoms with E-state index in [0.717, 1.165) is 44.6 Å². The summed E-state index contributed by atoms with van der Waals surface area (Å²) in [4.78, 5) is 0. The zero-order chi connectivity index (χ0) is 15.1. The first-order valence-electron chi connectivity index (χ1n) is 8.29. The molecule has 126 valence electrons. The number of benzene rings is 1. The normalized spacial score (nSPS) is 21.2. The maximum absolute atomic E-state index is 9.89.